The SMILES string of the molecule is CCCCCCCOc1ccsc1-c1cccs1. The maximum absolute atomic E-state index is 5.90. The number of hydrogen-bond donors (Lipinski definition) is 0. The van der Waals surface area contributed by atoms with E-state index < -0.39 is 0 Å². The largest absolute Gasteiger partial charge is 0.492 e. The smallest absolute Gasteiger partial charge is 0.138 e. The van der Waals surface area contributed by atoms with E-state index >= 15 is 0 Å². The molecule has 0 atom stereocenters. The van der Waals surface area contributed by atoms with Crippen LogP contribution < -0.4 is 4.74 Å². The van der Waals surface area contributed by atoms with Gasteiger partial charge in [0.15, 0.2) is 0 Å². The monoisotopic (exact) mass is 280 g/mol. The van der Waals surface area contributed by atoms with E-state index in [0.717, 1.165) is 12.4 Å². The molecule has 0 spiro atoms. The Morgan fingerprint density at radius 2 is 1.89 bits per heavy atom. The first-order valence-electron chi connectivity index (χ1n) is 6.66. The summed E-state index contributed by atoms with van der Waals surface area (Å²) in [7, 11) is 0. The minimum Gasteiger partial charge on any atom is -0.492 e. The van der Waals surface area contributed by atoms with Gasteiger partial charge in [-0.3, -0.25) is 0 Å². The van der Waals surface area contributed by atoms with Crippen LogP contribution in [0.4, 0.5) is 0 Å². The van der Waals surface area contributed by atoms with E-state index in [2.05, 4.69) is 35.9 Å². The van der Waals surface area contributed by atoms with Gasteiger partial charge < -0.3 is 4.74 Å². The van der Waals surface area contributed by atoms with Crippen LogP contribution in [0.15, 0.2) is 29.0 Å². The highest BCUT2D eigenvalue weighted by atomic mass is 32.1. The Hall–Kier alpha value is -0.800. The molecule has 1 nitrogen and oxygen atoms in total. The summed E-state index contributed by atoms with van der Waals surface area (Å²) in [6.07, 6.45) is 6.43. The number of hydrogen-bond acceptors (Lipinski definition) is 3. The highest BCUT2D eigenvalue weighted by Gasteiger charge is 2.08. The van der Waals surface area contributed by atoms with Gasteiger partial charge in [0.05, 0.1) is 11.5 Å². The summed E-state index contributed by atoms with van der Waals surface area (Å²) in [5, 5.41) is 4.23. The fourth-order valence-electron chi connectivity index (χ4n) is 1.89. The van der Waals surface area contributed by atoms with Crippen molar-refractivity contribution in [2.24, 2.45) is 0 Å². The molecule has 0 unspecified atom stereocenters. The molecule has 0 radical (unpaired) electrons. The Morgan fingerprint density at radius 3 is 2.67 bits per heavy atom. The van der Waals surface area contributed by atoms with E-state index in [-0.39, 0.29) is 0 Å². The summed E-state index contributed by atoms with van der Waals surface area (Å²) in [4.78, 5) is 2.59. The standard InChI is InChI=1S/C15H20OS2/c1-2-3-4-5-6-10-16-13-9-12-18-15(13)14-8-7-11-17-14/h7-9,11-12H,2-6,10H2,1H3. The zero-order chi connectivity index (χ0) is 12.6. The van der Waals surface area contributed by atoms with Crippen LogP contribution in [-0.2, 0) is 0 Å². The van der Waals surface area contributed by atoms with Crippen molar-refractivity contribution in [1.82, 2.24) is 0 Å². The zero-order valence-electron chi connectivity index (χ0n) is 10.9. The van der Waals surface area contributed by atoms with E-state index in [9.17, 15) is 0 Å². The lowest BCUT2D eigenvalue weighted by atomic mass is 10.2. The van der Waals surface area contributed by atoms with E-state index in [1.54, 1.807) is 22.7 Å². The lowest BCUT2D eigenvalue weighted by Crippen LogP contribution is -1.96. The van der Waals surface area contributed by atoms with E-state index in [1.807, 2.05) is 0 Å². The molecule has 0 fully saturated rings. The molecule has 2 aromatic heterocycles. The average molecular weight is 280 g/mol. The van der Waals surface area contributed by atoms with E-state index in [1.165, 1.54) is 41.9 Å². The molecule has 18 heavy (non-hydrogen) atoms. The first-order valence-corrected chi connectivity index (χ1v) is 8.42. The van der Waals surface area contributed by atoms with Crippen LogP contribution in [-0.4, -0.2) is 6.61 Å². The van der Waals surface area contributed by atoms with Crippen LogP contribution in [0.5, 0.6) is 5.75 Å². The van der Waals surface area contributed by atoms with Crippen LogP contribution in [0.2, 0.25) is 0 Å². The lowest BCUT2D eigenvalue weighted by molar-refractivity contribution is 0.307. The van der Waals surface area contributed by atoms with Crippen molar-refractivity contribution in [3.05, 3.63) is 29.0 Å². The van der Waals surface area contributed by atoms with Gasteiger partial charge in [0.2, 0.25) is 0 Å². The normalized spacial score (nSPS) is 10.7. The third kappa shape index (κ3) is 3.85. The predicted molar refractivity (Wildman–Crippen MR) is 81.9 cm³/mol. The first kappa shape index (κ1) is 13.6. The Balaban J connectivity index is 1.78. The fourth-order valence-corrected chi connectivity index (χ4v) is 3.60. The molecule has 0 N–H and O–H groups in total. The molecule has 0 aliphatic carbocycles. The van der Waals surface area contributed by atoms with Gasteiger partial charge in [0, 0.05) is 4.88 Å². The van der Waals surface area contributed by atoms with Gasteiger partial charge in [-0.05, 0) is 29.3 Å². The summed E-state index contributed by atoms with van der Waals surface area (Å²) >= 11 is 3.54. The molecule has 0 saturated heterocycles. The van der Waals surface area contributed by atoms with Crippen molar-refractivity contribution >= 4 is 22.7 Å². The lowest BCUT2D eigenvalue weighted by Gasteiger charge is -2.06. The van der Waals surface area contributed by atoms with E-state index in [4.69, 9.17) is 4.74 Å². The number of thiophene rings is 2. The molecule has 2 heterocycles. The van der Waals surface area contributed by atoms with Crippen molar-refractivity contribution in [2.75, 3.05) is 6.61 Å². The maximum atomic E-state index is 5.90. The minimum atomic E-state index is 0.846. The third-order valence-electron chi connectivity index (χ3n) is 2.88. The van der Waals surface area contributed by atoms with Crippen LogP contribution >= 0.6 is 22.7 Å². The zero-order valence-corrected chi connectivity index (χ0v) is 12.5. The number of rotatable bonds is 8. The maximum Gasteiger partial charge on any atom is 0.138 e. The summed E-state index contributed by atoms with van der Waals surface area (Å²) in [5.74, 6) is 1.05. The number of unbranched alkanes of at least 4 members (excludes halogenated alkanes) is 4. The molecule has 0 aliphatic heterocycles. The molecule has 2 aromatic rings. The summed E-state index contributed by atoms with van der Waals surface area (Å²) in [6, 6.07) is 6.34. The van der Waals surface area contributed by atoms with Crippen molar-refractivity contribution < 1.29 is 4.74 Å². The number of ether oxygens (including phenoxy) is 1. The highest BCUT2D eigenvalue weighted by Crippen LogP contribution is 2.38. The summed E-state index contributed by atoms with van der Waals surface area (Å²) < 4.78 is 5.90. The molecule has 0 bridgehead atoms. The van der Waals surface area contributed by atoms with E-state index in [0.29, 0.717) is 0 Å². The van der Waals surface area contributed by atoms with Crippen LogP contribution in [0.25, 0.3) is 9.75 Å². The highest BCUT2D eigenvalue weighted by molar-refractivity contribution is 7.20. The summed E-state index contributed by atoms with van der Waals surface area (Å²) in [5.41, 5.74) is 0. The molecule has 2 rings (SSSR count). The van der Waals surface area contributed by atoms with Gasteiger partial charge in [0.1, 0.15) is 5.75 Å². The molecule has 3 heteroatoms. The molecular weight excluding hydrogens is 260 g/mol. The molecule has 0 aromatic carbocycles. The van der Waals surface area contributed by atoms with Gasteiger partial charge in [-0.2, -0.15) is 0 Å². The van der Waals surface area contributed by atoms with Crippen LogP contribution in [0, 0.1) is 0 Å². The first-order chi connectivity index (χ1) is 8.92. The predicted octanol–water partition coefficient (Wildman–Crippen LogP) is 5.83. The molecule has 98 valence electrons. The topological polar surface area (TPSA) is 9.23 Å². The molecule has 0 aliphatic rings. The second-order valence-corrected chi connectivity index (χ2v) is 6.22. The van der Waals surface area contributed by atoms with Gasteiger partial charge in [-0.1, -0.05) is 38.7 Å². The molecular formula is C15H20OS2. The van der Waals surface area contributed by atoms with Gasteiger partial charge in [-0.25, -0.2) is 0 Å². The summed E-state index contributed by atoms with van der Waals surface area (Å²) in [6.45, 7) is 3.09. The fraction of sp³-hybridized carbons (Fsp3) is 0.467. The van der Waals surface area contributed by atoms with Crippen molar-refractivity contribution in [3.63, 3.8) is 0 Å². The molecule has 0 saturated carbocycles. The third-order valence-corrected chi connectivity index (χ3v) is 4.83. The van der Waals surface area contributed by atoms with Crippen LogP contribution in [0.3, 0.4) is 0 Å². The minimum absolute atomic E-state index is 0.846. The Morgan fingerprint density at radius 1 is 1.00 bits per heavy atom. The van der Waals surface area contributed by atoms with Crippen molar-refractivity contribution in [3.8, 4) is 15.5 Å². The Labute approximate surface area is 117 Å². The van der Waals surface area contributed by atoms with Gasteiger partial charge in [0.25, 0.3) is 0 Å². The average Bonchev–Trinajstić information content (AvgIpc) is 3.03. The molecule has 0 amide bonds. The Bertz CT molecular complexity index is 431. The second-order valence-electron chi connectivity index (χ2n) is 4.35. The van der Waals surface area contributed by atoms with Crippen LogP contribution in [0.1, 0.15) is 39.0 Å². The van der Waals surface area contributed by atoms with Crippen molar-refractivity contribution in [1.29, 1.82) is 0 Å². The van der Waals surface area contributed by atoms with Crippen molar-refractivity contribution in [2.45, 2.75) is 39.0 Å². The Kier molecular flexibility index (Phi) is 5.75. The second kappa shape index (κ2) is 7.59. The van der Waals surface area contributed by atoms with Gasteiger partial charge >= 0.3 is 0 Å². The quantitative estimate of drug-likeness (QED) is 0.553. The van der Waals surface area contributed by atoms with Gasteiger partial charge in [-0.15, -0.1) is 22.7 Å².